The Morgan fingerprint density at radius 1 is 1.42 bits per heavy atom. The first kappa shape index (κ1) is 13.9. The number of aryl methyl sites for hydroxylation is 2. The highest BCUT2D eigenvalue weighted by Gasteiger charge is 2.23. The van der Waals surface area contributed by atoms with Crippen LogP contribution in [0.4, 0.5) is 0 Å². The molecule has 0 saturated carbocycles. The van der Waals surface area contributed by atoms with E-state index in [1.807, 2.05) is 13.0 Å². The molecule has 0 bridgehead atoms. The molecule has 1 heterocycles. The van der Waals surface area contributed by atoms with Gasteiger partial charge in [0.2, 0.25) is 5.91 Å². The van der Waals surface area contributed by atoms with Crippen LogP contribution in [0, 0.1) is 13.8 Å². The van der Waals surface area contributed by atoms with E-state index in [1.54, 1.807) is 7.11 Å². The lowest BCUT2D eigenvalue weighted by Gasteiger charge is -2.14. The topological polar surface area (TPSA) is 47.6 Å². The first-order chi connectivity index (χ1) is 9.11. The Kier molecular flexibility index (Phi) is 4.43. The molecule has 0 aliphatic carbocycles. The van der Waals surface area contributed by atoms with Crippen LogP contribution < -0.4 is 10.1 Å². The first-order valence-corrected chi connectivity index (χ1v) is 6.65. The molecule has 4 heteroatoms. The molecule has 0 radical (unpaired) electrons. The van der Waals surface area contributed by atoms with Crippen molar-refractivity contribution >= 4 is 5.91 Å². The second-order valence-electron chi connectivity index (χ2n) is 4.97. The third-order valence-corrected chi connectivity index (χ3v) is 3.57. The summed E-state index contributed by atoms with van der Waals surface area (Å²) in [4.78, 5) is 11.9. The number of hydrogen-bond acceptors (Lipinski definition) is 3. The third kappa shape index (κ3) is 3.26. The maximum absolute atomic E-state index is 11.9. The normalized spacial score (nSPS) is 18.4. The van der Waals surface area contributed by atoms with Gasteiger partial charge in [-0.3, -0.25) is 4.79 Å². The maximum atomic E-state index is 11.9. The first-order valence-electron chi connectivity index (χ1n) is 6.65. The van der Waals surface area contributed by atoms with Gasteiger partial charge >= 0.3 is 0 Å². The number of hydrogen-bond donors (Lipinski definition) is 1. The van der Waals surface area contributed by atoms with Crippen LogP contribution in [0.3, 0.4) is 0 Å². The fourth-order valence-corrected chi connectivity index (χ4v) is 2.26. The molecule has 0 spiro atoms. The maximum Gasteiger partial charge on any atom is 0.249 e. The van der Waals surface area contributed by atoms with E-state index in [2.05, 4.69) is 18.3 Å². The van der Waals surface area contributed by atoms with E-state index >= 15 is 0 Å². The molecule has 2 rings (SSSR count). The Bertz CT molecular complexity index is 465. The molecule has 1 aromatic carbocycles. The number of methoxy groups -OCH3 is 1. The number of carbonyl (C=O) groups excluding carboxylic acids is 1. The molecular weight excluding hydrogens is 242 g/mol. The van der Waals surface area contributed by atoms with Gasteiger partial charge in [0.05, 0.1) is 7.11 Å². The predicted molar refractivity (Wildman–Crippen MR) is 73.3 cm³/mol. The van der Waals surface area contributed by atoms with Crippen molar-refractivity contribution in [1.82, 2.24) is 5.32 Å². The van der Waals surface area contributed by atoms with Gasteiger partial charge in [0.15, 0.2) is 0 Å². The third-order valence-electron chi connectivity index (χ3n) is 3.57. The highest BCUT2D eigenvalue weighted by Crippen LogP contribution is 2.23. The predicted octanol–water partition coefficient (Wildman–Crippen LogP) is 2.11. The minimum atomic E-state index is -0.280. The lowest BCUT2D eigenvalue weighted by atomic mass is 10.0. The molecule has 4 nitrogen and oxygen atoms in total. The van der Waals surface area contributed by atoms with E-state index in [9.17, 15) is 4.79 Å². The molecule has 1 aliphatic rings. The smallest absolute Gasteiger partial charge is 0.249 e. The lowest BCUT2D eigenvalue weighted by molar-refractivity contribution is -0.130. The minimum absolute atomic E-state index is 0.0298. The molecule has 1 saturated heterocycles. The second kappa shape index (κ2) is 6.06. The molecule has 104 valence electrons. The second-order valence-corrected chi connectivity index (χ2v) is 4.97. The highest BCUT2D eigenvalue weighted by atomic mass is 16.5. The summed E-state index contributed by atoms with van der Waals surface area (Å²) in [6.07, 6.45) is 1.50. The summed E-state index contributed by atoms with van der Waals surface area (Å²) in [6.45, 7) is 5.26. The minimum Gasteiger partial charge on any atom is -0.496 e. The molecule has 1 aromatic rings. The van der Waals surface area contributed by atoms with Crippen LogP contribution in [-0.2, 0) is 16.1 Å². The van der Waals surface area contributed by atoms with Gasteiger partial charge in [0, 0.05) is 18.7 Å². The van der Waals surface area contributed by atoms with Crippen molar-refractivity contribution in [1.29, 1.82) is 0 Å². The standard InChI is InChI=1S/C15H21NO3/c1-10-7-12(14(18-3)8-11(10)2)9-16-15(17)13-5-4-6-19-13/h7-8,13H,4-6,9H2,1-3H3,(H,16,17). The number of amides is 1. The summed E-state index contributed by atoms with van der Waals surface area (Å²) in [5.41, 5.74) is 3.38. The summed E-state index contributed by atoms with van der Waals surface area (Å²) in [5.74, 6) is 0.786. The number of rotatable bonds is 4. The van der Waals surface area contributed by atoms with Gasteiger partial charge in [-0.2, -0.15) is 0 Å². The van der Waals surface area contributed by atoms with Crippen molar-refractivity contribution in [3.63, 3.8) is 0 Å². The molecule has 19 heavy (non-hydrogen) atoms. The molecule has 1 N–H and O–H groups in total. The number of ether oxygens (including phenoxy) is 2. The summed E-state index contributed by atoms with van der Waals surface area (Å²) >= 11 is 0. The lowest BCUT2D eigenvalue weighted by Crippen LogP contribution is -2.33. The number of nitrogens with one attached hydrogen (secondary N) is 1. The van der Waals surface area contributed by atoms with E-state index in [4.69, 9.17) is 9.47 Å². The average Bonchev–Trinajstić information content (AvgIpc) is 2.93. The van der Waals surface area contributed by atoms with Crippen molar-refractivity contribution in [3.8, 4) is 5.75 Å². The van der Waals surface area contributed by atoms with Crippen molar-refractivity contribution in [2.75, 3.05) is 13.7 Å². The van der Waals surface area contributed by atoms with E-state index in [-0.39, 0.29) is 12.0 Å². The van der Waals surface area contributed by atoms with Crippen molar-refractivity contribution in [2.24, 2.45) is 0 Å². The largest absolute Gasteiger partial charge is 0.496 e. The van der Waals surface area contributed by atoms with Crippen molar-refractivity contribution in [3.05, 3.63) is 28.8 Å². The molecule has 1 amide bonds. The summed E-state index contributed by atoms with van der Waals surface area (Å²) < 4.78 is 10.7. The number of benzene rings is 1. The van der Waals surface area contributed by atoms with Crippen LogP contribution in [0.1, 0.15) is 29.5 Å². The molecule has 1 fully saturated rings. The zero-order valence-electron chi connectivity index (χ0n) is 11.8. The van der Waals surface area contributed by atoms with Gasteiger partial charge in [0.1, 0.15) is 11.9 Å². The van der Waals surface area contributed by atoms with E-state index in [0.717, 1.165) is 24.2 Å². The Balaban J connectivity index is 2.02. The zero-order chi connectivity index (χ0) is 13.8. The van der Waals surface area contributed by atoms with E-state index in [0.29, 0.717) is 13.2 Å². The van der Waals surface area contributed by atoms with Crippen molar-refractivity contribution < 1.29 is 14.3 Å². The Morgan fingerprint density at radius 3 is 2.79 bits per heavy atom. The Hall–Kier alpha value is -1.55. The SMILES string of the molecule is COc1cc(C)c(C)cc1CNC(=O)C1CCCO1. The monoisotopic (exact) mass is 263 g/mol. The fraction of sp³-hybridized carbons (Fsp3) is 0.533. The van der Waals surface area contributed by atoms with Crippen molar-refractivity contribution in [2.45, 2.75) is 39.3 Å². The molecule has 1 atom stereocenters. The molecule has 1 unspecified atom stereocenters. The van der Waals surface area contributed by atoms with Gasteiger partial charge in [-0.25, -0.2) is 0 Å². The van der Waals surface area contributed by atoms with E-state index in [1.165, 1.54) is 11.1 Å². The van der Waals surface area contributed by atoms with Crippen LogP contribution in [0.25, 0.3) is 0 Å². The average molecular weight is 263 g/mol. The van der Waals surface area contributed by atoms with Crippen LogP contribution >= 0.6 is 0 Å². The summed E-state index contributed by atoms with van der Waals surface area (Å²) in [7, 11) is 1.65. The number of carbonyl (C=O) groups is 1. The van der Waals surface area contributed by atoms with Gasteiger partial charge < -0.3 is 14.8 Å². The van der Waals surface area contributed by atoms with Crippen LogP contribution in [-0.4, -0.2) is 25.7 Å². The Morgan fingerprint density at radius 2 is 2.16 bits per heavy atom. The zero-order valence-corrected chi connectivity index (χ0v) is 11.8. The highest BCUT2D eigenvalue weighted by molar-refractivity contribution is 5.81. The Labute approximate surface area is 114 Å². The van der Waals surface area contributed by atoms with Gasteiger partial charge in [-0.15, -0.1) is 0 Å². The summed E-state index contributed by atoms with van der Waals surface area (Å²) in [6, 6.07) is 4.06. The van der Waals surface area contributed by atoms with E-state index < -0.39 is 0 Å². The van der Waals surface area contributed by atoms with Crippen LogP contribution in [0.15, 0.2) is 12.1 Å². The van der Waals surface area contributed by atoms with Gasteiger partial charge in [-0.05, 0) is 43.9 Å². The quantitative estimate of drug-likeness (QED) is 0.905. The van der Waals surface area contributed by atoms with Crippen LogP contribution in [0.2, 0.25) is 0 Å². The molecule has 0 aromatic heterocycles. The molecule has 1 aliphatic heterocycles. The van der Waals surface area contributed by atoms with Gasteiger partial charge in [-0.1, -0.05) is 6.07 Å². The van der Waals surface area contributed by atoms with Gasteiger partial charge in [0.25, 0.3) is 0 Å². The molecular formula is C15H21NO3. The van der Waals surface area contributed by atoms with Crippen LogP contribution in [0.5, 0.6) is 5.75 Å². The summed E-state index contributed by atoms with van der Waals surface area (Å²) in [5, 5.41) is 2.92. The fourth-order valence-electron chi connectivity index (χ4n) is 2.26.